The maximum atomic E-state index is 3.45. The van der Waals surface area contributed by atoms with Crippen LogP contribution in [0.25, 0.3) is 10.4 Å². The van der Waals surface area contributed by atoms with Gasteiger partial charge in [-0.15, -0.1) is 11.3 Å². The molecule has 0 N–H and O–H groups in total. The minimum atomic E-state index is 1.13. The number of hydrogen-bond donors (Lipinski definition) is 0. The molecule has 1 heterocycles. The molecule has 0 aliphatic carbocycles. The first-order chi connectivity index (χ1) is 5.86. The second-order valence-electron chi connectivity index (χ2n) is 2.49. The maximum absolute atomic E-state index is 3.45. The first-order valence-corrected chi connectivity index (χ1v) is 5.33. The van der Waals surface area contributed by atoms with Crippen molar-refractivity contribution in [3.63, 3.8) is 0 Å². The van der Waals surface area contributed by atoms with Crippen molar-refractivity contribution in [2.45, 2.75) is 0 Å². The first kappa shape index (κ1) is 8.02. The van der Waals surface area contributed by atoms with Gasteiger partial charge in [-0.25, -0.2) is 0 Å². The summed E-state index contributed by atoms with van der Waals surface area (Å²) in [5.74, 6) is 0. The number of thiophene rings is 1. The van der Waals surface area contributed by atoms with Crippen molar-refractivity contribution in [1.29, 1.82) is 0 Å². The minimum absolute atomic E-state index is 1.13. The molecule has 1 aromatic carbocycles. The Kier molecular flexibility index (Phi) is 2.28. The molecule has 2 rings (SSSR count). The fourth-order valence-electron chi connectivity index (χ4n) is 1.08. The van der Waals surface area contributed by atoms with Crippen molar-refractivity contribution < 1.29 is 0 Å². The van der Waals surface area contributed by atoms with E-state index in [2.05, 4.69) is 51.6 Å². The summed E-state index contributed by atoms with van der Waals surface area (Å²) >= 11 is 5.22. The summed E-state index contributed by atoms with van der Waals surface area (Å²) in [7, 11) is 0. The van der Waals surface area contributed by atoms with Crippen molar-refractivity contribution in [2.75, 3.05) is 0 Å². The summed E-state index contributed by atoms with van der Waals surface area (Å²) in [6.07, 6.45) is 0. The van der Waals surface area contributed by atoms with Crippen LogP contribution in [0.3, 0.4) is 0 Å². The van der Waals surface area contributed by atoms with Crippen molar-refractivity contribution >= 4 is 27.3 Å². The average molecular weight is 239 g/mol. The molecule has 0 unspecified atom stereocenters. The largest absolute Gasteiger partial charge is 0.144 e. The van der Waals surface area contributed by atoms with E-state index in [0.29, 0.717) is 0 Å². The van der Waals surface area contributed by atoms with Crippen LogP contribution in [0.2, 0.25) is 0 Å². The fraction of sp³-hybridized carbons (Fsp3) is 0. The smallest absolute Gasteiger partial charge is 0.0343 e. The van der Waals surface area contributed by atoms with Crippen molar-refractivity contribution in [2.24, 2.45) is 0 Å². The average Bonchev–Trinajstić information content (AvgIpc) is 2.56. The summed E-state index contributed by atoms with van der Waals surface area (Å²) in [5.41, 5.74) is 1.28. The van der Waals surface area contributed by atoms with Gasteiger partial charge < -0.3 is 0 Å². The molecule has 0 amide bonds. The van der Waals surface area contributed by atoms with Gasteiger partial charge in [0.2, 0.25) is 0 Å². The van der Waals surface area contributed by atoms with Gasteiger partial charge in [-0.2, -0.15) is 0 Å². The van der Waals surface area contributed by atoms with Gasteiger partial charge in [0, 0.05) is 9.35 Å². The van der Waals surface area contributed by atoms with Gasteiger partial charge in [0.1, 0.15) is 0 Å². The lowest BCUT2D eigenvalue weighted by Gasteiger charge is -1.96. The zero-order chi connectivity index (χ0) is 8.39. The Morgan fingerprint density at radius 1 is 1.08 bits per heavy atom. The van der Waals surface area contributed by atoms with E-state index < -0.39 is 0 Å². The Morgan fingerprint density at radius 2 is 2.00 bits per heavy atom. The SMILES string of the molecule is Brc1cccc(-c2cccs2)c1. The van der Waals surface area contributed by atoms with E-state index in [0.717, 1.165) is 4.47 Å². The van der Waals surface area contributed by atoms with Crippen molar-refractivity contribution in [3.8, 4) is 10.4 Å². The van der Waals surface area contributed by atoms with Crippen LogP contribution in [0.5, 0.6) is 0 Å². The standard InChI is InChI=1S/C10H7BrS/c11-9-4-1-3-8(7-9)10-5-2-6-12-10/h1-7H. The molecule has 1 aromatic heterocycles. The Balaban J connectivity index is 2.48. The van der Waals surface area contributed by atoms with Crippen LogP contribution in [-0.4, -0.2) is 0 Å². The van der Waals surface area contributed by atoms with Gasteiger partial charge in [0.05, 0.1) is 0 Å². The predicted octanol–water partition coefficient (Wildman–Crippen LogP) is 4.18. The van der Waals surface area contributed by atoms with E-state index in [9.17, 15) is 0 Å². The number of hydrogen-bond acceptors (Lipinski definition) is 1. The summed E-state index contributed by atoms with van der Waals surface area (Å²) in [6, 6.07) is 12.5. The molecule has 12 heavy (non-hydrogen) atoms. The van der Waals surface area contributed by atoms with Gasteiger partial charge in [0.25, 0.3) is 0 Å². The number of benzene rings is 1. The normalized spacial score (nSPS) is 10.1. The van der Waals surface area contributed by atoms with Gasteiger partial charge in [0.15, 0.2) is 0 Å². The van der Waals surface area contributed by atoms with Crippen LogP contribution < -0.4 is 0 Å². The molecule has 0 atom stereocenters. The molecule has 60 valence electrons. The summed E-state index contributed by atoms with van der Waals surface area (Å²) in [6.45, 7) is 0. The molecule has 0 spiro atoms. The predicted molar refractivity (Wildman–Crippen MR) is 57.5 cm³/mol. The minimum Gasteiger partial charge on any atom is -0.144 e. The van der Waals surface area contributed by atoms with Crippen LogP contribution >= 0.6 is 27.3 Å². The topological polar surface area (TPSA) is 0 Å². The maximum Gasteiger partial charge on any atom is 0.0343 e. The molecule has 0 nitrogen and oxygen atoms in total. The molecule has 0 bridgehead atoms. The first-order valence-electron chi connectivity index (χ1n) is 3.66. The summed E-state index contributed by atoms with van der Waals surface area (Å²) in [5, 5.41) is 2.09. The van der Waals surface area contributed by atoms with E-state index in [1.165, 1.54) is 10.4 Å². The fourth-order valence-corrected chi connectivity index (χ4v) is 2.21. The summed E-state index contributed by atoms with van der Waals surface area (Å²) in [4.78, 5) is 1.32. The molecule has 0 radical (unpaired) electrons. The van der Waals surface area contributed by atoms with Gasteiger partial charge >= 0.3 is 0 Å². The molecule has 0 saturated carbocycles. The highest BCUT2D eigenvalue weighted by Crippen LogP contribution is 2.26. The molecule has 2 heteroatoms. The molecule has 0 aliphatic heterocycles. The van der Waals surface area contributed by atoms with E-state index in [4.69, 9.17) is 0 Å². The number of halogens is 1. The second-order valence-corrected chi connectivity index (χ2v) is 4.35. The third-order valence-corrected chi connectivity index (χ3v) is 3.04. The molecule has 0 aliphatic rings. The lowest BCUT2D eigenvalue weighted by atomic mass is 10.2. The van der Waals surface area contributed by atoms with Crippen molar-refractivity contribution in [1.82, 2.24) is 0 Å². The van der Waals surface area contributed by atoms with Crippen LogP contribution in [0.1, 0.15) is 0 Å². The molecule has 0 saturated heterocycles. The lowest BCUT2D eigenvalue weighted by Crippen LogP contribution is -1.70. The van der Waals surface area contributed by atoms with E-state index >= 15 is 0 Å². The van der Waals surface area contributed by atoms with Gasteiger partial charge in [-0.05, 0) is 29.1 Å². The lowest BCUT2D eigenvalue weighted by molar-refractivity contribution is 1.65. The zero-order valence-electron chi connectivity index (χ0n) is 6.33. The Bertz CT molecular complexity index is 365. The van der Waals surface area contributed by atoms with E-state index in [-0.39, 0.29) is 0 Å². The van der Waals surface area contributed by atoms with E-state index in [1.807, 2.05) is 6.07 Å². The van der Waals surface area contributed by atoms with Gasteiger partial charge in [-0.3, -0.25) is 0 Å². The third-order valence-electron chi connectivity index (χ3n) is 1.63. The van der Waals surface area contributed by atoms with E-state index in [1.54, 1.807) is 11.3 Å². The molecule has 2 aromatic rings. The van der Waals surface area contributed by atoms with Crippen molar-refractivity contribution in [3.05, 3.63) is 46.3 Å². The van der Waals surface area contributed by atoms with Crippen LogP contribution in [0.15, 0.2) is 46.3 Å². The molecular weight excluding hydrogens is 232 g/mol. The highest BCUT2D eigenvalue weighted by molar-refractivity contribution is 9.10. The highest BCUT2D eigenvalue weighted by atomic mass is 79.9. The monoisotopic (exact) mass is 238 g/mol. The molecular formula is C10H7BrS. The highest BCUT2D eigenvalue weighted by Gasteiger charge is 1.97. The van der Waals surface area contributed by atoms with Crippen LogP contribution in [-0.2, 0) is 0 Å². The Morgan fingerprint density at radius 3 is 2.67 bits per heavy atom. The Labute approximate surface area is 84.0 Å². The third kappa shape index (κ3) is 1.59. The quantitative estimate of drug-likeness (QED) is 0.700. The second kappa shape index (κ2) is 3.42. The summed E-state index contributed by atoms with van der Waals surface area (Å²) < 4.78 is 1.13. The van der Waals surface area contributed by atoms with Crippen LogP contribution in [0, 0.1) is 0 Å². The molecule has 0 fully saturated rings. The van der Waals surface area contributed by atoms with Crippen LogP contribution in [0.4, 0.5) is 0 Å². The number of rotatable bonds is 1. The van der Waals surface area contributed by atoms with Gasteiger partial charge in [-0.1, -0.05) is 34.1 Å². The zero-order valence-corrected chi connectivity index (χ0v) is 8.73. The Hall–Kier alpha value is -0.600.